The van der Waals surface area contributed by atoms with Gasteiger partial charge < -0.3 is 9.84 Å². The van der Waals surface area contributed by atoms with Crippen LogP contribution in [0.1, 0.15) is 35.9 Å². The van der Waals surface area contributed by atoms with E-state index in [2.05, 4.69) is 15.6 Å². The first-order valence-corrected chi connectivity index (χ1v) is 10.0. The van der Waals surface area contributed by atoms with Gasteiger partial charge in [0.05, 0.1) is 17.8 Å². The predicted molar refractivity (Wildman–Crippen MR) is 114 cm³/mol. The average Bonchev–Trinajstić information content (AvgIpc) is 3.20. The van der Waals surface area contributed by atoms with Gasteiger partial charge in [0.1, 0.15) is 5.76 Å². The Balaban J connectivity index is 1.49. The van der Waals surface area contributed by atoms with Crippen LogP contribution in [-0.2, 0) is 17.8 Å². The lowest BCUT2D eigenvalue weighted by Gasteiger charge is -2.13. The largest absolute Gasteiger partial charge is 0.361 e. The number of fused-ring (bicyclic) bond motifs is 3. The van der Waals surface area contributed by atoms with Gasteiger partial charge in [-0.3, -0.25) is 4.79 Å². The number of carbonyl (C=O) groups excluding carboxylic acids is 1. The zero-order valence-electron chi connectivity index (χ0n) is 17.6. The van der Waals surface area contributed by atoms with Crippen LogP contribution >= 0.6 is 0 Å². The van der Waals surface area contributed by atoms with Crippen LogP contribution in [0.25, 0.3) is 16.6 Å². The molecule has 3 aromatic heterocycles. The van der Waals surface area contributed by atoms with E-state index in [0.29, 0.717) is 25.0 Å². The molecule has 3 heterocycles. The average molecular weight is 407 g/mol. The van der Waals surface area contributed by atoms with Crippen molar-refractivity contribution in [2.45, 2.75) is 53.1 Å². The van der Waals surface area contributed by atoms with Crippen LogP contribution in [0, 0.1) is 20.8 Å². The van der Waals surface area contributed by atoms with Crippen molar-refractivity contribution in [1.82, 2.24) is 24.7 Å². The number of benzene rings is 1. The van der Waals surface area contributed by atoms with Crippen LogP contribution in [0.15, 0.2) is 39.6 Å². The Morgan fingerprint density at radius 1 is 1.23 bits per heavy atom. The molecular formula is C22H25N5O3. The molecule has 156 valence electrons. The van der Waals surface area contributed by atoms with Gasteiger partial charge in [-0.05, 0) is 57.2 Å². The van der Waals surface area contributed by atoms with E-state index in [1.807, 2.05) is 58.0 Å². The summed E-state index contributed by atoms with van der Waals surface area (Å²) in [5.74, 6) is 0.660. The van der Waals surface area contributed by atoms with Crippen molar-refractivity contribution in [1.29, 1.82) is 0 Å². The minimum Gasteiger partial charge on any atom is -0.361 e. The molecule has 0 aliphatic rings. The highest BCUT2D eigenvalue weighted by atomic mass is 16.5. The standard InChI is InChI=1S/C22H25N5O3/c1-13-11-17-7-5-6-8-19(17)27-21(13)24-26(22(27)29)12-14(2)23-20(28)10-9-18-15(3)25-30-16(18)4/h5-8,11,14H,9-10,12H2,1-4H3,(H,23,28)/t14-/m1/s1. The number of rotatable bonds is 6. The normalized spacial score (nSPS) is 12.5. The van der Waals surface area contributed by atoms with Gasteiger partial charge in [-0.25, -0.2) is 13.9 Å². The topological polar surface area (TPSA) is 94.4 Å². The van der Waals surface area contributed by atoms with Gasteiger partial charge in [0.25, 0.3) is 0 Å². The SMILES string of the molecule is Cc1noc(C)c1CCC(=O)N[C@H](C)Cn1nc2c(C)cc3ccccc3n2c1=O. The molecule has 0 saturated heterocycles. The molecule has 0 saturated carbocycles. The van der Waals surface area contributed by atoms with E-state index in [-0.39, 0.29) is 17.6 Å². The molecule has 0 aliphatic carbocycles. The molecule has 1 amide bonds. The number of nitrogens with zero attached hydrogens (tertiary/aromatic N) is 4. The predicted octanol–water partition coefficient (Wildman–Crippen LogP) is 2.70. The molecule has 0 spiro atoms. The molecular weight excluding hydrogens is 382 g/mol. The summed E-state index contributed by atoms with van der Waals surface area (Å²) >= 11 is 0. The third-order valence-electron chi connectivity index (χ3n) is 5.38. The summed E-state index contributed by atoms with van der Waals surface area (Å²) in [6, 6.07) is 9.53. The molecule has 0 radical (unpaired) electrons. The minimum atomic E-state index is -0.239. The molecule has 0 aliphatic heterocycles. The van der Waals surface area contributed by atoms with E-state index in [1.54, 1.807) is 4.40 Å². The third-order valence-corrected chi connectivity index (χ3v) is 5.38. The van der Waals surface area contributed by atoms with Gasteiger partial charge in [0.15, 0.2) is 5.65 Å². The maximum absolute atomic E-state index is 13.0. The Bertz CT molecular complexity index is 1280. The maximum Gasteiger partial charge on any atom is 0.350 e. The molecule has 0 unspecified atom stereocenters. The van der Waals surface area contributed by atoms with Crippen LogP contribution < -0.4 is 11.0 Å². The quantitative estimate of drug-likeness (QED) is 0.530. The van der Waals surface area contributed by atoms with Crippen LogP contribution in [0.5, 0.6) is 0 Å². The number of nitrogens with one attached hydrogen (secondary N) is 1. The molecule has 8 nitrogen and oxygen atoms in total. The second-order valence-electron chi connectivity index (χ2n) is 7.78. The second kappa shape index (κ2) is 7.78. The van der Waals surface area contributed by atoms with E-state index in [1.165, 1.54) is 4.68 Å². The molecule has 1 aromatic carbocycles. The Labute approximate surface area is 173 Å². The molecule has 4 aromatic rings. The van der Waals surface area contributed by atoms with Gasteiger partial charge >= 0.3 is 5.69 Å². The van der Waals surface area contributed by atoms with E-state index in [4.69, 9.17) is 4.52 Å². The van der Waals surface area contributed by atoms with E-state index in [9.17, 15) is 9.59 Å². The lowest BCUT2D eigenvalue weighted by Crippen LogP contribution is -2.38. The fraction of sp³-hybridized carbons (Fsp3) is 0.364. The van der Waals surface area contributed by atoms with Crippen LogP contribution in [-0.4, -0.2) is 31.3 Å². The molecule has 30 heavy (non-hydrogen) atoms. The van der Waals surface area contributed by atoms with Crippen LogP contribution in [0.2, 0.25) is 0 Å². The first-order valence-electron chi connectivity index (χ1n) is 10.0. The van der Waals surface area contributed by atoms with E-state index < -0.39 is 0 Å². The summed E-state index contributed by atoms with van der Waals surface area (Å²) in [6.07, 6.45) is 0.899. The molecule has 0 bridgehead atoms. The Hall–Kier alpha value is -3.42. The van der Waals surface area contributed by atoms with Gasteiger partial charge in [-0.2, -0.15) is 0 Å². The lowest BCUT2D eigenvalue weighted by atomic mass is 10.1. The van der Waals surface area contributed by atoms with Crippen LogP contribution in [0.3, 0.4) is 0 Å². The zero-order valence-corrected chi connectivity index (χ0v) is 17.6. The first kappa shape index (κ1) is 19.9. The smallest absolute Gasteiger partial charge is 0.350 e. The van der Waals surface area contributed by atoms with Gasteiger partial charge in [-0.1, -0.05) is 23.4 Å². The summed E-state index contributed by atoms with van der Waals surface area (Å²) in [6.45, 7) is 7.82. The minimum absolute atomic E-state index is 0.0825. The highest BCUT2D eigenvalue weighted by molar-refractivity contribution is 5.83. The second-order valence-corrected chi connectivity index (χ2v) is 7.78. The number of aryl methyl sites for hydroxylation is 3. The summed E-state index contributed by atoms with van der Waals surface area (Å²) in [5, 5.41) is 12.4. The number of aromatic nitrogens is 4. The molecule has 1 N–H and O–H groups in total. The van der Waals surface area contributed by atoms with Crippen molar-refractivity contribution >= 4 is 22.5 Å². The third kappa shape index (κ3) is 3.60. The number of hydrogen-bond acceptors (Lipinski definition) is 5. The summed E-state index contributed by atoms with van der Waals surface area (Å²) in [7, 11) is 0. The number of pyridine rings is 1. The van der Waals surface area contributed by atoms with Crippen molar-refractivity contribution in [3.63, 3.8) is 0 Å². The molecule has 4 rings (SSSR count). The fourth-order valence-electron chi connectivity index (χ4n) is 3.86. The Morgan fingerprint density at radius 3 is 2.73 bits per heavy atom. The van der Waals surface area contributed by atoms with Gasteiger partial charge in [0.2, 0.25) is 5.91 Å². The number of para-hydroxylation sites is 1. The van der Waals surface area contributed by atoms with E-state index >= 15 is 0 Å². The lowest BCUT2D eigenvalue weighted by molar-refractivity contribution is -0.121. The van der Waals surface area contributed by atoms with Crippen LogP contribution in [0.4, 0.5) is 0 Å². The van der Waals surface area contributed by atoms with E-state index in [0.717, 1.165) is 33.5 Å². The number of carbonyl (C=O) groups is 1. The monoisotopic (exact) mass is 407 g/mol. The zero-order chi connectivity index (χ0) is 21.4. The van der Waals surface area contributed by atoms with Crippen molar-refractivity contribution in [2.75, 3.05) is 0 Å². The number of amides is 1. The Kier molecular flexibility index (Phi) is 5.15. The molecule has 8 heteroatoms. The summed E-state index contributed by atoms with van der Waals surface area (Å²) in [5.41, 5.74) is 3.97. The first-order chi connectivity index (χ1) is 14.3. The Morgan fingerprint density at radius 2 is 2.00 bits per heavy atom. The maximum atomic E-state index is 13.0. The highest BCUT2D eigenvalue weighted by Gasteiger charge is 2.16. The molecule has 0 fully saturated rings. The summed E-state index contributed by atoms with van der Waals surface area (Å²) < 4.78 is 8.20. The van der Waals surface area contributed by atoms with Gasteiger partial charge in [-0.15, -0.1) is 5.10 Å². The molecule has 1 atom stereocenters. The van der Waals surface area contributed by atoms with Crippen molar-refractivity contribution < 1.29 is 9.32 Å². The van der Waals surface area contributed by atoms with Crippen molar-refractivity contribution in [3.05, 3.63) is 63.4 Å². The fourth-order valence-corrected chi connectivity index (χ4v) is 3.86. The summed E-state index contributed by atoms with van der Waals surface area (Å²) in [4.78, 5) is 25.4. The highest BCUT2D eigenvalue weighted by Crippen LogP contribution is 2.18. The van der Waals surface area contributed by atoms with Crippen molar-refractivity contribution in [3.8, 4) is 0 Å². The van der Waals surface area contributed by atoms with Gasteiger partial charge in [0, 0.05) is 18.0 Å². The number of hydrogen-bond donors (Lipinski definition) is 1. The van der Waals surface area contributed by atoms with Crippen molar-refractivity contribution in [2.24, 2.45) is 0 Å².